The van der Waals surface area contributed by atoms with Crippen molar-refractivity contribution in [2.24, 2.45) is 0 Å². The van der Waals surface area contributed by atoms with Gasteiger partial charge >= 0.3 is 0 Å². The zero-order valence-electron chi connectivity index (χ0n) is 11.3. The van der Waals surface area contributed by atoms with E-state index in [0.717, 1.165) is 22.4 Å². The molecule has 106 valence electrons. The lowest BCUT2D eigenvalue weighted by Crippen LogP contribution is -2.06. The van der Waals surface area contributed by atoms with Crippen molar-refractivity contribution in [3.8, 4) is 0 Å². The average molecular weight is 284 g/mol. The number of benzene rings is 3. The highest BCUT2D eigenvalue weighted by atomic mass is 19.2. The summed E-state index contributed by atoms with van der Waals surface area (Å²) in [7, 11) is 0. The van der Waals surface area contributed by atoms with Gasteiger partial charge in [0.2, 0.25) is 0 Å². The van der Waals surface area contributed by atoms with Crippen LogP contribution in [0.3, 0.4) is 0 Å². The highest BCUT2D eigenvalue weighted by Crippen LogP contribution is 2.26. The lowest BCUT2D eigenvalue weighted by molar-refractivity contribution is 0.172. The molecular formula is C18H14F2O. The maximum absolute atomic E-state index is 13.7. The summed E-state index contributed by atoms with van der Waals surface area (Å²) >= 11 is 0. The van der Waals surface area contributed by atoms with E-state index < -0.39 is 17.7 Å². The molecule has 0 bridgehead atoms. The van der Waals surface area contributed by atoms with E-state index in [9.17, 15) is 13.9 Å². The standard InChI is InChI=1S/C18H14F2O/c19-16-10-4-9-15(18(16)20)17(21)11-13-7-3-6-12-5-1-2-8-14(12)13/h1-10,17,21H,11H2. The van der Waals surface area contributed by atoms with Crippen molar-refractivity contribution < 1.29 is 13.9 Å². The van der Waals surface area contributed by atoms with Crippen LogP contribution in [0.15, 0.2) is 60.7 Å². The highest BCUT2D eigenvalue weighted by Gasteiger charge is 2.17. The molecule has 0 aromatic heterocycles. The van der Waals surface area contributed by atoms with Gasteiger partial charge in [0.05, 0.1) is 6.10 Å². The van der Waals surface area contributed by atoms with Gasteiger partial charge in [0, 0.05) is 12.0 Å². The molecule has 0 amide bonds. The van der Waals surface area contributed by atoms with E-state index in [-0.39, 0.29) is 12.0 Å². The maximum Gasteiger partial charge on any atom is 0.164 e. The number of halogens is 2. The molecule has 3 heteroatoms. The summed E-state index contributed by atoms with van der Waals surface area (Å²) in [6.45, 7) is 0. The average Bonchev–Trinajstić information content (AvgIpc) is 2.50. The molecule has 0 spiro atoms. The number of rotatable bonds is 3. The van der Waals surface area contributed by atoms with E-state index in [1.54, 1.807) is 0 Å². The Morgan fingerprint density at radius 2 is 1.57 bits per heavy atom. The Morgan fingerprint density at radius 1 is 0.857 bits per heavy atom. The first-order valence-corrected chi connectivity index (χ1v) is 6.75. The van der Waals surface area contributed by atoms with Gasteiger partial charge in [-0.2, -0.15) is 0 Å². The third-order valence-corrected chi connectivity index (χ3v) is 3.63. The Kier molecular flexibility index (Phi) is 3.67. The lowest BCUT2D eigenvalue weighted by Gasteiger charge is -2.14. The van der Waals surface area contributed by atoms with E-state index in [1.165, 1.54) is 12.1 Å². The predicted molar refractivity (Wildman–Crippen MR) is 79.0 cm³/mol. The van der Waals surface area contributed by atoms with Crippen molar-refractivity contribution in [1.29, 1.82) is 0 Å². The molecule has 1 atom stereocenters. The van der Waals surface area contributed by atoms with Crippen molar-refractivity contribution in [3.05, 3.63) is 83.4 Å². The van der Waals surface area contributed by atoms with Crippen molar-refractivity contribution in [2.45, 2.75) is 12.5 Å². The SMILES string of the molecule is OC(Cc1cccc2ccccc12)c1cccc(F)c1F. The van der Waals surface area contributed by atoms with E-state index in [0.29, 0.717) is 0 Å². The third kappa shape index (κ3) is 2.65. The molecule has 0 fully saturated rings. The van der Waals surface area contributed by atoms with Gasteiger partial charge in [-0.25, -0.2) is 8.78 Å². The predicted octanol–water partition coefficient (Wildman–Crippen LogP) is 4.39. The Labute approximate surface area is 121 Å². The zero-order chi connectivity index (χ0) is 14.8. The molecule has 1 unspecified atom stereocenters. The fraction of sp³-hybridized carbons (Fsp3) is 0.111. The highest BCUT2D eigenvalue weighted by molar-refractivity contribution is 5.85. The van der Waals surface area contributed by atoms with Gasteiger partial charge < -0.3 is 5.11 Å². The van der Waals surface area contributed by atoms with E-state index >= 15 is 0 Å². The number of fused-ring (bicyclic) bond motifs is 1. The lowest BCUT2D eigenvalue weighted by atomic mass is 9.96. The van der Waals surface area contributed by atoms with Crippen molar-refractivity contribution in [2.75, 3.05) is 0 Å². The molecule has 0 saturated carbocycles. The Balaban J connectivity index is 1.97. The minimum absolute atomic E-state index is 0.0112. The van der Waals surface area contributed by atoms with E-state index in [2.05, 4.69) is 0 Å². The van der Waals surface area contributed by atoms with Gasteiger partial charge in [-0.15, -0.1) is 0 Å². The molecule has 0 aliphatic heterocycles. The normalized spacial score (nSPS) is 12.5. The van der Waals surface area contributed by atoms with Crippen molar-refractivity contribution in [1.82, 2.24) is 0 Å². The Morgan fingerprint density at radius 3 is 2.43 bits per heavy atom. The van der Waals surface area contributed by atoms with E-state index in [4.69, 9.17) is 0 Å². The first-order chi connectivity index (χ1) is 10.2. The molecule has 0 saturated heterocycles. The molecule has 0 aliphatic rings. The van der Waals surface area contributed by atoms with Crippen LogP contribution < -0.4 is 0 Å². The number of aliphatic hydroxyl groups excluding tert-OH is 1. The maximum atomic E-state index is 13.7. The third-order valence-electron chi connectivity index (χ3n) is 3.63. The second-order valence-electron chi connectivity index (χ2n) is 5.00. The largest absolute Gasteiger partial charge is 0.388 e. The zero-order valence-corrected chi connectivity index (χ0v) is 11.3. The van der Waals surface area contributed by atoms with E-state index in [1.807, 2.05) is 42.5 Å². The minimum Gasteiger partial charge on any atom is -0.388 e. The molecule has 3 aromatic carbocycles. The molecule has 0 aliphatic carbocycles. The summed E-state index contributed by atoms with van der Waals surface area (Å²) in [4.78, 5) is 0. The molecule has 0 heterocycles. The van der Waals surface area contributed by atoms with Crippen LogP contribution in [0.5, 0.6) is 0 Å². The first kappa shape index (κ1) is 13.7. The first-order valence-electron chi connectivity index (χ1n) is 6.75. The molecule has 0 radical (unpaired) electrons. The molecular weight excluding hydrogens is 270 g/mol. The second kappa shape index (κ2) is 5.62. The van der Waals surface area contributed by atoms with Gasteiger partial charge in [-0.05, 0) is 22.4 Å². The minimum atomic E-state index is -1.08. The van der Waals surface area contributed by atoms with Gasteiger partial charge in [-0.3, -0.25) is 0 Å². The fourth-order valence-electron chi connectivity index (χ4n) is 2.57. The quantitative estimate of drug-likeness (QED) is 0.756. The van der Waals surface area contributed by atoms with Crippen molar-refractivity contribution in [3.63, 3.8) is 0 Å². The topological polar surface area (TPSA) is 20.2 Å². The van der Waals surface area contributed by atoms with Crippen LogP contribution in [0.25, 0.3) is 10.8 Å². The summed E-state index contributed by atoms with van der Waals surface area (Å²) in [5.41, 5.74) is 0.896. The summed E-state index contributed by atoms with van der Waals surface area (Å²) in [5, 5.41) is 12.3. The second-order valence-corrected chi connectivity index (χ2v) is 5.00. The molecule has 3 aromatic rings. The van der Waals surface area contributed by atoms with Gasteiger partial charge in [0.25, 0.3) is 0 Å². The van der Waals surface area contributed by atoms with Crippen molar-refractivity contribution >= 4 is 10.8 Å². The Bertz CT molecular complexity index is 778. The summed E-state index contributed by atoms with van der Waals surface area (Å²) in [6.07, 6.45) is -0.839. The van der Waals surface area contributed by atoms with Crippen LogP contribution in [0.1, 0.15) is 17.2 Å². The van der Waals surface area contributed by atoms with Crippen LogP contribution in [0.2, 0.25) is 0 Å². The fourth-order valence-corrected chi connectivity index (χ4v) is 2.57. The van der Waals surface area contributed by atoms with Crippen LogP contribution in [0.4, 0.5) is 8.78 Å². The monoisotopic (exact) mass is 284 g/mol. The number of hydrogen-bond donors (Lipinski definition) is 1. The van der Waals surface area contributed by atoms with Gasteiger partial charge in [0.15, 0.2) is 11.6 Å². The van der Waals surface area contributed by atoms with Crippen LogP contribution in [0, 0.1) is 11.6 Å². The Hall–Kier alpha value is -2.26. The molecule has 3 rings (SSSR count). The smallest absolute Gasteiger partial charge is 0.164 e. The molecule has 1 N–H and O–H groups in total. The summed E-state index contributed by atoms with van der Waals surface area (Å²) in [5.74, 6) is -1.92. The molecule has 1 nitrogen and oxygen atoms in total. The van der Waals surface area contributed by atoms with Gasteiger partial charge in [0.1, 0.15) is 0 Å². The number of aliphatic hydroxyl groups is 1. The van der Waals surface area contributed by atoms with Gasteiger partial charge in [-0.1, -0.05) is 54.6 Å². The number of hydrogen-bond acceptors (Lipinski definition) is 1. The van der Waals surface area contributed by atoms with Crippen LogP contribution in [-0.4, -0.2) is 5.11 Å². The van der Waals surface area contributed by atoms with Crippen LogP contribution in [-0.2, 0) is 6.42 Å². The summed E-state index contributed by atoms with van der Waals surface area (Å²) < 4.78 is 27.0. The molecule has 21 heavy (non-hydrogen) atoms. The summed E-state index contributed by atoms with van der Waals surface area (Å²) in [6, 6.07) is 17.4. The van der Waals surface area contributed by atoms with Crippen LogP contribution >= 0.6 is 0 Å².